The molecule has 1 unspecified atom stereocenters. The van der Waals surface area contributed by atoms with Crippen molar-refractivity contribution >= 4 is 5.91 Å². The van der Waals surface area contributed by atoms with Crippen LogP contribution in [0.15, 0.2) is 30.3 Å². The normalized spacial score (nSPS) is 16.8. The summed E-state index contributed by atoms with van der Waals surface area (Å²) in [6.07, 6.45) is -2.80. The SMILES string of the molecule is NNC(=O)C(CN(CC(F)(F)F)C1CC1)c1ccccc1. The fourth-order valence-electron chi connectivity index (χ4n) is 2.37. The highest BCUT2D eigenvalue weighted by Crippen LogP contribution is 2.32. The van der Waals surface area contributed by atoms with Crippen LogP contribution < -0.4 is 11.3 Å². The Hall–Kier alpha value is -1.60. The molecule has 0 bridgehead atoms. The van der Waals surface area contributed by atoms with Crippen molar-refractivity contribution in [3.63, 3.8) is 0 Å². The molecule has 1 atom stereocenters. The number of hydrogen-bond acceptors (Lipinski definition) is 3. The number of halogens is 3. The lowest BCUT2D eigenvalue weighted by Crippen LogP contribution is -2.44. The van der Waals surface area contributed by atoms with Gasteiger partial charge in [-0.1, -0.05) is 30.3 Å². The Kier molecular flexibility index (Phi) is 4.84. The summed E-state index contributed by atoms with van der Waals surface area (Å²) in [5.74, 6) is 3.98. The molecule has 116 valence electrons. The van der Waals surface area contributed by atoms with Crippen LogP contribution in [-0.2, 0) is 4.79 Å². The Labute approximate surface area is 121 Å². The van der Waals surface area contributed by atoms with Gasteiger partial charge < -0.3 is 0 Å². The van der Waals surface area contributed by atoms with Gasteiger partial charge in [0.15, 0.2) is 0 Å². The lowest BCUT2D eigenvalue weighted by Gasteiger charge is -2.27. The van der Waals surface area contributed by atoms with Crippen LogP contribution in [0.25, 0.3) is 0 Å². The van der Waals surface area contributed by atoms with Gasteiger partial charge in [0.2, 0.25) is 5.91 Å². The van der Waals surface area contributed by atoms with Gasteiger partial charge in [-0.15, -0.1) is 0 Å². The number of carbonyl (C=O) groups excluding carboxylic acids is 1. The first-order valence-corrected chi connectivity index (χ1v) is 6.77. The van der Waals surface area contributed by atoms with E-state index in [2.05, 4.69) is 0 Å². The second-order valence-electron chi connectivity index (χ2n) is 5.25. The number of rotatable bonds is 6. The first-order chi connectivity index (χ1) is 9.90. The Balaban J connectivity index is 2.15. The van der Waals surface area contributed by atoms with Gasteiger partial charge in [0.25, 0.3) is 0 Å². The van der Waals surface area contributed by atoms with E-state index < -0.39 is 24.5 Å². The molecule has 4 nitrogen and oxygen atoms in total. The highest BCUT2D eigenvalue weighted by Gasteiger charge is 2.39. The molecule has 0 heterocycles. The van der Waals surface area contributed by atoms with Crippen molar-refractivity contribution in [2.45, 2.75) is 31.0 Å². The number of hydrazine groups is 1. The van der Waals surface area contributed by atoms with Gasteiger partial charge in [0, 0.05) is 12.6 Å². The number of benzene rings is 1. The lowest BCUT2D eigenvalue weighted by atomic mass is 9.97. The second-order valence-corrected chi connectivity index (χ2v) is 5.25. The van der Waals surface area contributed by atoms with Crippen molar-refractivity contribution in [2.75, 3.05) is 13.1 Å². The van der Waals surface area contributed by atoms with Gasteiger partial charge in [-0.25, -0.2) is 5.84 Å². The zero-order chi connectivity index (χ0) is 15.5. The average molecular weight is 301 g/mol. The van der Waals surface area contributed by atoms with Crippen LogP contribution in [0.1, 0.15) is 24.3 Å². The molecular formula is C14H18F3N3O. The summed E-state index contributed by atoms with van der Waals surface area (Å²) < 4.78 is 38.0. The largest absolute Gasteiger partial charge is 0.401 e. The van der Waals surface area contributed by atoms with Crippen molar-refractivity contribution in [2.24, 2.45) is 5.84 Å². The van der Waals surface area contributed by atoms with Gasteiger partial charge in [-0.05, 0) is 18.4 Å². The van der Waals surface area contributed by atoms with E-state index in [1.54, 1.807) is 30.3 Å². The second kappa shape index (κ2) is 6.44. The molecular weight excluding hydrogens is 283 g/mol. The van der Waals surface area contributed by atoms with E-state index in [0.717, 1.165) is 12.8 Å². The molecule has 1 aromatic rings. The van der Waals surface area contributed by atoms with Gasteiger partial charge >= 0.3 is 6.18 Å². The zero-order valence-corrected chi connectivity index (χ0v) is 11.4. The number of hydrogen-bond donors (Lipinski definition) is 2. The topological polar surface area (TPSA) is 58.4 Å². The van der Waals surface area contributed by atoms with Crippen LogP contribution in [0.5, 0.6) is 0 Å². The third-order valence-corrected chi connectivity index (χ3v) is 3.52. The van der Waals surface area contributed by atoms with Crippen LogP contribution in [0, 0.1) is 0 Å². The average Bonchev–Trinajstić information content (AvgIpc) is 3.27. The van der Waals surface area contributed by atoms with Crippen LogP contribution in [0.3, 0.4) is 0 Å². The van der Waals surface area contributed by atoms with Crippen LogP contribution >= 0.6 is 0 Å². The summed E-state index contributed by atoms with van der Waals surface area (Å²) in [5, 5.41) is 0. The van der Waals surface area contributed by atoms with Gasteiger partial charge in [0.1, 0.15) is 0 Å². The van der Waals surface area contributed by atoms with E-state index in [9.17, 15) is 18.0 Å². The Morgan fingerprint density at radius 2 is 1.95 bits per heavy atom. The highest BCUT2D eigenvalue weighted by molar-refractivity contribution is 5.83. The summed E-state index contributed by atoms with van der Waals surface area (Å²) in [6.45, 7) is -0.990. The Morgan fingerprint density at radius 3 is 2.43 bits per heavy atom. The predicted molar refractivity (Wildman–Crippen MR) is 72.2 cm³/mol. The van der Waals surface area contributed by atoms with E-state index in [1.165, 1.54) is 4.90 Å². The monoisotopic (exact) mass is 301 g/mol. The molecule has 1 amide bonds. The van der Waals surface area contributed by atoms with E-state index in [1.807, 2.05) is 5.43 Å². The molecule has 0 spiro atoms. The molecule has 0 aliphatic heterocycles. The number of amides is 1. The maximum absolute atomic E-state index is 12.7. The molecule has 1 aliphatic carbocycles. The summed E-state index contributed by atoms with van der Waals surface area (Å²) in [7, 11) is 0. The first kappa shape index (κ1) is 15.8. The maximum Gasteiger partial charge on any atom is 0.401 e. The molecule has 7 heteroatoms. The molecule has 2 rings (SSSR count). The van der Waals surface area contributed by atoms with Gasteiger partial charge in [0.05, 0.1) is 12.5 Å². The van der Waals surface area contributed by atoms with Crippen LogP contribution in [0.2, 0.25) is 0 Å². The number of alkyl halides is 3. The number of nitrogens with two attached hydrogens (primary N) is 1. The van der Waals surface area contributed by atoms with Crippen LogP contribution in [0.4, 0.5) is 13.2 Å². The van der Waals surface area contributed by atoms with Crippen molar-refractivity contribution in [1.29, 1.82) is 0 Å². The van der Waals surface area contributed by atoms with E-state index in [-0.39, 0.29) is 12.6 Å². The van der Waals surface area contributed by atoms with Crippen molar-refractivity contribution < 1.29 is 18.0 Å². The summed E-state index contributed by atoms with van der Waals surface area (Å²) in [4.78, 5) is 13.2. The predicted octanol–water partition coefficient (Wildman–Crippen LogP) is 1.79. The van der Waals surface area contributed by atoms with Crippen molar-refractivity contribution in [3.05, 3.63) is 35.9 Å². The number of nitrogens with one attached hydrogen (secondary N) is 1. The molecule has 1 aliphatic rings. The minimum atomic E-state index is -4.27. The Bertz CT molecular complexity index is 474. The zero-order valence-electron chi connectivity index (χ0n) is 11.4. The molecule has 0 saturated heterocycles. The maximum atomic E-state index is 12.7. The lowest BCUT2D eigenvalue weighted by molar-refractivity contribution is -0.149. The first-order valence-electron chi connectivity index (χ1n) is 6.77. The summed E-state index contributed by atoms with van der Waals surface area (Å²) in [6, 6.07) is 8.63. The molecule has 1 aromatic carbocycles. The number of carbonyl (C=O) groups is 1. The molecule has 3 N–H and O–H groups in total. The quantitative estimate of drug-likeness (QED) is 0.478. The van der Waals surface area contributed by atoms with E-state index in [4.69, 9.17) is 5.84 Å². The van der Waals surface area contributed by atoms with E-state index >= 15 is 0 Å². The fourth-order valence-corrected chi connectivity index (χ4v) is 2.37. The van der Waals surface area contributed by atoms with Crippen molar-refractivity contribution in [3.8, 4) is 0 Å². The van der Waals surface area contributed by atoms with Gasteiger partial charge in [-0.3, -0.25) is 15.1 Å². The summed E-state index contributed by atoms with van der Waals surface area (Å²) in [5.41, 5.74) is 2.70. The molecule has 0 aromatic heterocycles. The third kappa shape index (κ3) is 4.71. The standard InChI is InChI=1S/C14H18F3N3O/c15-14(16,17)9-20(11-6-7-11)8-12(13(21)19-18)10-4-2-1-3-5-10/h1-5,11-12H,6-9,18H2,(H,19,21). The van der Waals surface area contributed by atoms with Crippen LogP contribution in [-0.4, -0.2) is 36.1 Å². The fraction of sp³-hybridized carbons (Fsp3) is 0.500. The summed E-state index contributed by atoms with van der Waals surface area (Å²) >= 11 is 0. The smallest absolute Gasteiger partial charge is 0.294 e. The van der Waals surface area contributed by atoms with Gasteiger partial charge in [-0.2, -0.15) is 13.2 Å². The number of nitrogens with zero attached hydrogens (tertiary/aromatic N) is 1. The molecule has 0 radical (unpaired) electrons. The molecule has 1 saturated carbocycles. The van der Waals surface area contributed by atoms with Crippen molar-refractivity contribution in [1.82, 2.24) is 10.3 Å². The minimum Gasteiger partial charge on any atom is -0.294 e. The minimum absolute atomic E-state index is 0.0111. The van der Waals surface area contributed by atoms with E-state index in [0.29, 0.717) is 5.56 Å². The third-order valence-electron chi connectivity index (χ3n) is 3.52. The molecule has 1 fully saturated rings. The highest BCUT2D eigenvalue weighted by atomic mass is 19.4. The Morgan fingerprint density at radius 1 is 1.33 bits per heavy atom. The molecule has 21 heavy (non-hydrogen) atoms.